The Labute approximate surface area is 188 Å². The van der Waals surface area contributed by atoms with Gasteiger partial charge in [0.15, 0.2) is 0 Å². The van der Waals surface area contributed by atoms with E-state index in [1.54, 1.807) is 18.0 Å². The molecule has 1 heterocycles. The number of carbonyl (C=O) groups is 1. The summed E-state index contributed by atoms with van der Waals surface area (Å²) in [4.78, 5) is 16.3. The Bertz CT molecular complexity index is 895. The summed E-state index contributed by atoms with van der Waals surface area (Å²) in [5.41, 5.74) is 0.385. The average molecular weight is 531 g/mol. The van der Waals surface area contributed by atoms with E-state index in [0.29, 0.717) is 0 Å². The van der Waals surface area contributed by atoms with Crippen molar-refractivity contribution in [3.8, 4) is 0 Å². The number of nitrogens with zero attached hydrogens (tertiary/aromatic N) is 2. The fraction of sp³-hybridized carbons (Fsp3) is 0.409. The van der Waals surface area contributed by atoms with Gasteiger partial charge in [0, 0.05) is 28.0 Å². The van der Waals surface area contributed by atoms with Gasteiger partial charge in [-0.1, -0.05) is 12.1 Å². The number of benzene rings is 2. The number of amides is 1. The molecule has 0 bridgehead atoms. The summed E-state index contributed by atoms with van der Waals surface area (Å²) >= 11 is 2.15. The molecule has 162 valence electrons. The second kappa shape index (κ2) is 9.55. The lowest BCUT2D eigenvalue weighted by atomic mass is 10.0. The first-order valence-corrected chi connectivity index (χ1v) is 10.9. The molecule has 1 N–H and O–H groups in total. The predicted molar refractivity (Wildman–Crippen MR) is 122 cm³/mol. The van der Waals surface area contributed by atoms with Gasteiger partial charge in [0.1, 0.15) is 0 Å². The standard InChI is InChI=1S/C22H25F3IN3O/c1-28-10-8-18(9-11-28)29(2)20-7-6-17(14-19(20)22(23,24)25)27-21(30)13-15-4-3-5-16(26)12-15/h3-7,12,14,18H,8-11,13H2,1-2H3,(H,27,30). The number of carbonyl (C=O) groups excluding carboxylic acids is 1. The molecule has 3 rings (SSSR count). The topological polar surface area (TPSA) is 35.6 Å². The van der Waals surface area contributed by atoms with Crippen molar-refractivity contribution in [2.45, 2.75) is 31.5 Å². The van der Waals surface area contributed by atoms with E-state index in [-0.39, 0.29) is 29.7 Å². The van der Waals surface area contributed by atoms with Crippen LogP contribution in [0, 0.1) is 3.57 Å². The summed E-state index contributed by atoms with van der Waals surface area (Å²) in [6.45, 7) is 1.73. The number of rotatable bonds is 5. The maximum absolute atomic E-state index is 13.8. The van der Waals surface area contributed by atoms with E-state index in [0.717, 1.165) is 41.1 Å². The fourth-order valence-corrected chi connectivity index (χ4v) is 4.37. The number of likely N-dealkylation sites (tertiary alicyclic amines) is 1. The number of nitrogens with one attached hydrogen (secondary N) is 1. The molecule has 2 aromatic carbocycles. The minimum Gasteiger partial charge on any atom is -0.371 e. The van der Waals surface area contributed by atoms with Crippen LogP contribution in [0.5, 0.6) is 0 Å². The highest BCUT2D eigenvalue weighted by Gasteiger charge is 2.36. The number of hydrogen-bond donors (Lipinski definition) is 1. The van der Waals surface area contributed by atoms with Crippen LogP contribution in [0.4, 0.5) is 24.5 Å². The second-order valence-corrected chi connectivity index (χ2v) is 8.98. The Hall–Kier alpha value is -1.81. The largest absolute Gasteiger partial charge is 0.418 e. The summed E-state index contributed by atoms with van der Waals surface area (Å²) in [5.74, 6) is -0.346. The van der Waals surface area contributed by atoms with Crippen molar-refractivity contribution in [1.82, 2.24) is 4.90 Å². The number of alkyl halides is 3. The minimum atomic E-state index is -4.51. The summed E-state index contributed by atoms with van der Waals surface area (Å²) in [6, 6.07) is 11.6. The van der Waals surface area contributed by atoms with Gasteiger partial charge in [0.05, 0.1) is 12.0 Å². The third-order valence-electron chi connectivity index (χ3n) is 5.46. The molecule has 2 aromatic rings. The lowest BCUT2D eigenvalue weighted by Gasteiger charge is -2.37. The van der Waals surface area contributed by atoms with E-state index >= 15 is 0 Å². The van der Waals surface area contributed by atoms with Crippen molar-refractivity contribution in [2.75, 3.05) is 37.4 Å². The average Bonchev–Trinajstić information content (AvgIpc) is 2.67. The van der Waals surface area contributed by atoms with Crippen LogP contribution in [0.1, 0.15) is 24.0 Å². The Morgan fingerprint density at radius 3 is 2.53 bits per heavy atom. The number of piperidine rings is 1. The van der Waals surface area contributed by atoms with Crippen LogP contribution in [0.3, 0.4) is 0 Å². The van der Waals surface area contributed by atoms with Crippen LogP contribution >= 0.6 is 22.6 Å². The van der Waals surface area contributed by atoms with Gasteiger partial charge >= 0.3 is 6.18 Å². The molecule has 8 heteroatoms. The summed E-state index contributed by atoms with van der Waals surface area (Å²) in [6.07, 6.45) is -2.77. The van der Waals surface area contributed by atoms with Gasteiger partial charge in [-0.05, 0) is 91.5 Å². The third-order valence-corrected chi connectivity index (χ3v) is 6.13. The fourth-order valence-electron chi connectivity index (χ4n) is 3.76. The van der Waals surface area contributed by atoms with Crippen LogP contribution in [0.25, 0.3) is 0 Å². The molecule has 30 heavy (non-hydrogen) atoms. The second-order valence-electron chi connectivity index (χ2n) is 7.73. The van der Waals surface area contributed by atoms with Crippen molar-refractivity contribution < 1.29 is 18.0 Å². The van der Waals surface area contributed by atoms with Crippen LogP contribution in [0.15, 0.2) is 42.5 Å². The van der Waals surface area contributed by atoms with E-state index in [4.69, 9.17) is 0 Å². The maximum Gasteiger partial charge on any atom is 0.418 e. The van der Waals surface area contributed by atoms with Gasteiger partial charge in [0.2, 0.25) is 5.91 Å². The molecule has 0 aromatic heterocycles. The molecule has 0 atom stereocenters. The first kappa shape index (κ1) is 22.9. The molecule has 1 aliphatic rings. The van der Waals surface area contributed by atoms with E-state index in [2.05, 4.69) is 32.8 Å². The highest BCUT2D eigenvalue weighted by Crippen LogP contribution is 2.39. The zero-order valence-electron chi connectivity index (χ0n) is 17.0. The zero-order valence-corrected chi connectivity index (χ0v) is 19.1. The molecule has 0 unspecified atom stereocenters. The van der Waals surface area contributed by atoms with Gasteiger partial charge in [-0.25, -0.2) is 0 Å². The lowest BCUT2D eigenvalue weighted by Crippen LogP contribution is -2.42. The zero-order chi connectivity index (χ0) is 21.9. The van der Waals surface area contributed by atoms with Crippen LogP contribution in [-0.4, -0.2) is 44.0 Å². The highest BCUT2D eigenvalue weighted by atomic mass is 127. The van der Waals surface area contributed by atoms with Crippen molar-refractivity contribution in [1.29, 1.82) is 0 Å². The van der Waals surface area contributed by atoms with E-state index in [9.17, 15) is 18.0 Å². The van der Waals surface area contributed by atoms with Crippen LogP contribution < -0.4 is 10.2 Å². The highest BCUT2D eigenvalue weighted by molar-refractivity contribution is 14.1. The first-order chi connectivity index (χ1) is 14.1. The monoisotopic (exact) mass is 531 g/mol. The summed E-state index contributed by atoms with van der Waals surface area (Å²) < 4.78 is 42.4. The van der Waals surface area contributed by atoms with E-state index in [1.807, 2.05) is 31.3 Å². The number of halogens is 4. The SMILES string of the molecule is CN1CCC(N(C)c2ccc(NC(=O)Cc3cccc(I)c3)cc2C(F)(F)F)CC1. The lowest BCUT2D eigenvalue weighted by molar-refractivity contribution is -0.137. The Morgan fingerprint density at radius 2 is 1.90 bits per heavy atom. The van der Waals surface area contributed by atoms with E-state index in [1.165, 1.54) is 6.07 Å². The molecule has 0 spiro atoms. The van der Waals surface area contributed by atoms with Gasteiger partial charge in [-0.15, -0.1) is 0 Å². The van der Waals surface area contributed by atoms with Gasteiger partial charge in [-0.2, -0.15) is 13.2 Å². The third kappa shape index (κ3) is 5.87. The molecular formula is C22H25F3IN3O. The Balaban J connectivity index is 1.78. The van der Waals surface area contributed by atoms with Crippen molar-refractivity contribution in [2.24, 2.45) is 0 Å². The van der Waals surface area contributed by atoms with Crippen LogP contribution in [0.2, 0.25) is 0 Å². The molecule has 4 nitrogen and oxygen atoms in total. The van der Waals surface area contributed by atoms with E-state index < -0.39 is 11.7 Å². The minimum absolute atomic E-state index is 0.0586. The van der Waals surface area contributed by atoms with Crippen molar-refractivity contribution in [3.05, 3.63) is 57.2 Å². The summed E-state index contributed by atoms with van der Waals surface area (Å²) in [7, 11) is 3.74. The normalized spacial score (nSPS) is 15.8. The molecule has 1 fully saturated rings. The maximum atomic E-state index is 13.8. The van der Waals surface area contributed by atoms with Crippen LogP contribution in [-0.2, 0) is 17.4 Å². The molecule has 1 aliphatic heterocycles. The predicted octanol–water partition coefficient (Wildman–Crippen LogP) is 5.02. The van der Waals surface area contributed by atoms with Gasteiger partial charge in [0.25, 0.3) is 0 Å². The molecule has 0 aliphatic carbocycles. The summed E-state index contributed by atoms with van der Waals surface area (Å²) in [5, 5.41) is 2.61. The molecule has 1 amide bonds. The Kier molecular flexibility index (Phi) is 7.28. The van der Waals surface area contributed by atoms with Crippen molar-refractivity contribution >= 4 is 39.9 Å². The Morgan fingerprint density at radius 1 is 1.20 bits per heavy atom. The first-order valence-electron chi connectivity index (χ1n) is 9.80. The number of anilines is 2. The molecular weight excluding hydrogens is 506 g/mol. The molecule has 0 radical (unpaired) electrons. The van der Waals surface area contributed by atoms with Gasteiger partial charge < -0.3 is 15.1 Å². The quantitative estimate of drug-likeness (QED) is 0.551. The molecule has 1 saturated heterocycles. The van der Waals surface area contributed by atoms with Gasteiger partial charge in [-0.3, -0.25) is 4.79 Å². The number of hydrogen-bond acceptors (Lipinski definition) is 3. The smallest absolute Gasteiger partial charge is 0.371 e. The van der Waals surface area contributed by atoms with Crippen molar-refractivity contribution in [3.63, 3.8) is 0 Å². The molecule has 0 saturated carbocycles.